The van der Waals surface area contributed by atoms with Gasteiger partial charge < -0.3 is 15.7 Å². The van der Waals surface area contributed by atoms with Crippen LogP contribution in [0.5, 0.6) is 5.75 Å². The quantitative estimate of drug-likeness (QED) is 0.687. The summed E-state index contributed by atoms with van der Waals surface area (Å²) in [6.07, 6.45) is 5.75. The number of nitrogens with zero attached hydrogens (tertiary/aromatic N) is 1. The predicted molar refractivity (Wildman–Crippen MR) is 87.5 cm³/mol. The van der Waals surface area contributed by atoms with Gasteiger partial charge >= 0.3 is 0 Å². The SMILES string of the molecule is O=C(NCCCc1ccc(O)cc1)c1cnc(NC2CC2)s1. The lowest BCUT2D eigenvalue weighted by Crippen LogP contribution is -2.23. The molecule has 116 valence electrons. The molecule has 2 aromatic rings. The monoisotopic (exact) mass is 317 g/mol. The average Bonchev–Trinajstić information content (AvgIpc) is 3.20. The van der Waals surface area contributed by atoms with Crippen LogP contribution in [0.4, 0.5) is 5.13 Å². The van der Waals surface area contributed by atoms with Crippen molar-refractivity contribution in [3.63, 3.8) is 0 Å². The molecule has 1 amide bonds. The maximum absolute atomic E-state index is 12.0. The van der Waals surface area contributed by atoms with E-state index in [1.807, 2.05) is 12.1 Å². The maximum atomic E-state index is 12.0. The van der Waals surface area contributed by atoms with Crippen LogP contribution < -0.4 is 10.6 Å². The number of aryl methyl sites for hydroxylation is 1. The fraction of sp³-hybridized carbons (Fsp3) is 0.375. The van der Waals surface area contributed by atoms with Gasteiger partial charge in [0, 0.05) is 12.6 Å². The van der Waals surface area contributed by atoms with Gasteiger partial charge in [-0.15, -0.1) is 0 Å². The van der Waals surface area contributed by atoms with Crippen LogP contribution in [0.15, 0.2) is 30.5 Å². The summed E-state index contributed by atoms with van der Waals surface area (Å²) in [7, 11) is 0. The van der Waals surface area contributed by atoms with Gasteiger partial charge in [0.2, 0.25) is 0 Å². The second-order valence-corrected chi connectivity index (χ2v) is 6.50. The summed E-state index contributed by atoms with van der Waals surface area (Å²) < 4.78 is 0. The van der Waals surface area contributed by atoms with Gasteiger partial charge in [-0.2, -0.15) is 0 Å². The Morgan fingerprint density at radius 1 is 1.32 bits per heavy atom. The van der Waals surface area contributed by atoms with E-state index in [4.69, 9.17) is 0 Å². The first-order valence-electron chi connectivity index (χ1n) is 7.49. The first kappa shape index (κ1) is 14.8. The van der Waals surface area contributed by atoms with Crippen LogP contribution in [0.3, 0.4) is 0 Å². The number of anilines is 1. The molecule has 0 unspecified atom stereocenters. The van der Waals surface area contributed by atoms with Crippen molar-refractivity contribution in [3.8, 4) is 5.75 Å². The predicted octanol–water partition coefficient (Wildman–Crippen LogP) is 2.79. The smallest absolute Gasteiger partial charge is 0.263 e. The molecule has 0 spiro atoms. The molecule has 5 nitrogen and oxygen atoms in total. The minimum Gasteiger partial charge on any atom is -0.508 e. The minimum atomic E-state index is -0.0629. The molecule has 1 fully saturated rings. The fourth-order valence-corrected chi connectivity index (χ4v) is 2.90. The highest BCUT2D eigenvalue weighted by Crippen LogP contribution is 2.27. The summed E-state index contributed by atoms with van der Waals surface area (Å²) in [5.41, 5.74) is 1.15. The van der Waals surface area contributed by atoms with Crippen LogP contribution in [-0.4, -0.2) is 28.6 Å². The number of hydrogen-bond acceptors (Lipinski definition) is 5. The van der Waals surface area contributed by atoms with Gasteiger partial charge in [-0.05, 0) is 43.4 Å². The summed E-state index contributed by atoms with van der Waals surface area (Å²) in [4.78, 5) is 16.9. The summed E-state index contributed by atoms with van der Waals surface area (Å²) in [6.45, 7) is 0.628. The molecule has 0 atom stereocenters. The number of rotatable bonds is 7. The van der Waals surface area contributed by atoms with Crippen LogP contribution in [0.1, 0.15) is 34.5 Å². The Labute approximate surface area is 133 Å². The average molecular weight is 317 g/mol. The summed E-state index contributed by atoms with van der Waals surface area (Å²) >= 11 is 1.40. The van der Waals surface area contributed by atoms with Crippen molar-refractivity contribution in [2.75, 3.05) is 11.9 Å². The highest BCUT2D eigenvalue weighted by molar-refractivity contribution is 7.17. The molecule has 1 saturated carbocycles. The molecule has 1 heterocycles. The molecule has 3 N–H and O–H groups in total. The Morgan fingerprint density at radius 2 is 2.09 bits per heavy atom. The second-order valence-electron chi connectivity index (χ2n) is 5.47. The molecule has 0 aliphatic heterocycles. The number of phenols is 1. The molecule has 1 aliphatic carbocycles. The van der Waals surface area contributed by atoms with Crippen molar-refractivity contribution >= 4 is 22.4 Å². The first-order valence-corrected chi connectivity index (χ1v) is 8.31. The molecule has 1 aromatic heterocycles. The molecule has 3 rings (SSSR count). The lowest BCUT2D eigenvalue weighted by molar-refractivity contribution is 0.0957. The Bertz CT molecular complexity index is 635. The molecular weight excluding hydrogens is 298 g/mol. The van der Waals surface area contributed by atoms with Crippen molar-refractivity contribution in [2.24, 2.45) is 0 Å². The number of aromatic hydroxyl groups is 1. The summed E-state index contributed by atoms with van der Waals surface area (Å²) in [5.74, 6) is 0.213. The van der Waals surface area contributed by atoms with Crippen LogP contribution >= 0.6 is 11.3 Å². The number of amides is 1. The van der Waals surface area contributed by atoms with E-state index in [0.29, 0.717) is 17.5 Å². The van der Waals surface area contributed by atoms with Gasteiger partial charge in [0.1, 0.15) is 10.6 Å². The van der Waals surface area contributed by atoms with Crippen molar-refractivity contribution < 1.29 is 9.90 Å². The normalized spacial score (nSPS) is 13.8. The standard InChI is InChI=1S/C16H19N3O2S/c20-13-7-3-11(4-8-13)2-1-9-17-15(21)14-10-18-16(22-14)19-12-5-6-12/h3-4,7-8,10,12,20H,1-2,5-6,9H2,(H,17,21)(H,18,19). The van der Waals surface area contributed by atoms with Gasteiger partial charge in [-0.3, -0.25) is 4.79 Å². The van der Waals surface area contributed by atoms with Crippen LogP contribution in [0, 0.1) is 0 Å². The third-order valence-corrected chi connectivity index (χ3v) is 4.43. The van der Waals surface area contributed by atoms with Crippen molar-refractivity contribution in [1.29, 1.82) is 0 Å². The number of phenolic OH excluding ortho intramolecular Hbond substituents is 1. The van der Waals surface area contributed by atoms with E-state index in [1.165, 1.54) is 24.2 Å². The number of benzene rings is 1. The summed E-state index contributed by atoms with van der Waals surface area (Å²) in [6, 6.07) is 7.71. The molecule has 22 heavy (non-hydrogen) atoms. The molecule has 0 saturated heterocycles. The largest absolute Gasteiger partial charge is 0.508 e. The van der Waals surface area contributed by atoms with E-state index < -0.39 is 0 Å². The number of hydrogen-bond donors (Lipinski definition) is 3. The molecule has 1 aromatic carbocycles. The van der Waals surface area contributed by atoms with E-state index >= 15 is 0 Å². The van der Waals surface area contributed by atoms with E-state index in [9.17, 15) is 9.90 Å². The van der Waals surface area contributed by atoms with E-state index in [2.05, 4.69) is 15.6 Å². The van der Waals surface area contributed by atoms with Gasteiger partial charge in [0.05, 0.1) is 6.20 Å². The topological polar surface area (TPSA) is 74.2 Å². The second kappa shape index (κ2) is 6.79. The van der Waals surface area contributed by atoms with Crippen LogP contribution in [-0.2, 0) is 6.42 Å². The number of carbonyl (C=O) groups is 1. The minimum absolute atomic E-state index is 0.0629. The molecule has 0 bridgehead atoms. The number of thiazole rings is 1. The first-order chi connectivity index (χ1) is 10.7. The van der Waals surface area contributed by atoms with Crippen LogP contribution in [0.25, 0.3) is 0 Å². The maximum Gasteiger partial charge on any atom is 0.263 e. The van der Waals surface area contributed by atoms with Crippen LogP contribution in [0.2, 0.25) is 0 Å². The van der Waals surface area contributed by atoms with E-state index in [0.717, 1.165) is 23.5 Å². The van der Waals surface area contributed by atoms with Crippen molar-refractivity contribution in [2.45, 2.75) is 31.7 Å². The molecule has 6 heteroatoms. The summed E-state index contributed by atoms with van der Waals surface area (Å²) in [5, 5.41) is 16.3. The number of carbonyl (C=O) groups excluding carboxylic acids is 1. The zero-order chi connectivity index (χ0) is 15.4. The zero-order valence-corrected chi connectivity index (χ0v) is 13.0. The Kier molecular flexibility index (Phi) is 4.58. The zero-order valence-electron chi connectivity index (χ0n) is 12.2. The third kappa shape index (κ3) is 4.21. The Morgan fingerprint density at radius 3 is 2.82 bits per heavy atom. The highest BCUT2D eigenvalue weighted by atomic mass is 32.1. The highest BCUT2D eigenvalue weighted by Gasteiger charge is 2.22. The Balaban J connectivity index is 1.39. The van der Waals surface area contributed by atoms with Crippen molar-refractivity contribution in [3.05, 3.63) is 40.9 Å². The van der Waals surface area contributed by atoms with E-state index in [1.54, 1.807) is 18.3 Å². The third-order valence-electron chi connectivity index (χ3n) is 3.50. The number of nitrogens with one attached hydrogen (secondary N) is 2. The van der Waals surface area contributed by atoms with Gasteiger partial charge in [0.25, 0.3) is 5.91 Å². The number of aromatic nitrogens is 1. The van der Waals surface area contributed by atoms with Crippen molar-refractivity contribution in [1.82, 2.24) is 10.3 Å². The van der Waals surface area contributed by atoms with Gasteiger partial charge in [0.15, 0.2) is 5.13 Å². The van der Waals surface area contributed by atoms with Gasteiger partial charge in [-0.1, -0.05) is 23.5 Å². The Hall–Kier alpha value is -2.08. The molecule has 1 aliphatic rings. The lowest BCUT2D eigenvalue weighted by Gasteiger charge is -2.04. The molecule has 0 radical (unpaired) electrons. The van der Waals surface area contributed by atoms with E-state index in [-0.39, 0.29) is 11.7 Å². The lowest BCUT2D eigenvalue weighted by atomic mass is 10.1. The fourth-order valence-electron chi connectivity index (χ4n) is 2.09. The molecular formula is C16H19N3O2S. The van der Waals surface area contributed by atoms with Gasteiger partial charge in [-0.25, -0.2) is 4.98 Å².